The number of anilines is 1. The summed E-state index contributed by atoms with van der Waals surface area (Å²) in [5.41, 5.74) is 7.75. The molecule has 2 N–H and O–H groups in total. The van der Waals surface area contributed by atoms with Crippen LogP contribution in [0.25, 0.3) is 21.3 Å². The van der Waals surface area contributed by atoms with Gasteiger partial charge in [0.25, 0.3) is 11.8 Å². The zero-order valence-electron chi connectivity index (χ0n) is 42.6. The lowest BCUT2D eigenvalue weighted by Gasteiger charge is -2.45. The SMILES string of the molecule is Cc1cc(Cl)cc(-c2ccnc3cc(CN4C(=O)C5CC5C4=O)sc23)c1CN1[C@H](C)CN(Cc2cnn(CCCCS(=O)(=O)c3ccc(Cc4nc(C(=O)N[C@@H]5COc6ccccc6N(C)C5=O)n[nH]4)cc3)c2)C[C@H]1C. The van der Waals surface area contributed by atoms with Crippen LogP contribution in [0.1, 0.15) is 76.7 Å². The second-order valence-corrected chi connectivity index (χ2v) is 24.3. The lowest BCUT2D eigenvalue weighted by atomic mass is 9.94. The Bertz CT molecular complexity index is 3470. The number of piperidine rings is 1. The van der Waals surface area contributed by atoms with Gasteiger partial charge in [0.1, 0.15) is 24.2 Å². The van der Waals surface area contributed by atoms with Crippen molar-refractivity contribution in [1.29, 1.82) is 0 Å². The number of hydrogen-bond donors (Lipinski definition) is 2. The van der Waals surface area contributed by atoms with Crippen LogP contribution in [0.4, 0.5) is 5.69 Å². The smallest absolute Gasteiger partial charge is 0.291 e. The van der Waals surface area contributed by atoms with E-state index in [2.05, 4.69) is 67.3 Å². The molecule has 4 aliphatic rings. The molecule has 7 aromatic rings. The lowest BCUT2D eigenvalue weighted by molar-refractivity contribution is -0.142. The van der Waals surface area contributed by atoms with Gasteiger partial charge in [0.2, 0.25) is 17.6 Å². The van der Waals surface area contributed by atoms with Crippen molar-refractivity contribution < 1.29 is 32.3 Å². The number of likely N-dealkylation sites (N-methyl/N-ethyl adjacent to an activating group) is 1. The minimum Gasteiger partial charge on any atom is -0.489 e. The molecule has 3 aliphatic heterocycles. The number of aromatic amines is 1. The number of H-pyrrole nitrogens is 1. The Labute approximate surface area is 449 Å². The van der Waals surface area contributed by atoms with Crippen molar-refractivity contribution in [2.75, 3.05) is 37.4 Å². The monoisotopic (exact) mass is 1080 g/mol. The number of thiophene rings is 1. The number of carbonyl (C=O) groups is 4. The maximum Gasteiger partial charge on any atom is 0.291 e. The van der Waals surface area contributed by atoms with Gasteiger partial charge in [0.15, 0.2) is 9.84 Å². The van der Waals surface area contributed by atoms with Gasteiger partial charge in [0, 0.05) is 91.7 Å². The summed E-state index contributed by atoms with van der Waals surface area (Å²) in [5.74, 6) is -0.495. The van der Waals surface area contributed by atoms with Crippen LogP contribution in [-0.4, -0.2) is 127 Å². The average Bonchev–Trinajstić information content (AvgIpc) is 3.60. The van der Waals surface area contributed by atoms with E-state index in [1.54, 1.807) is 60.8 Å². The zero-order valence-corrected chi connectivity index (χ0v) is 45.0. The molecule has 4 amide bonds. The molecule has 7 heterocycles. The van der Waals surface area contributed by atoms with Gasteiger partial charge in [-0.3, -0.25) is 48.6 Å². The zero-order chi connectivity index (χ0) is 53.0. The maximum atomic E-state index is 13.4. The number of halogens is 1. The van der Waals surface area contributed by atoms with E-state index in [9.17, 15) is 27.6 Å². The van der Waals surface area contributed by atoms with Gasteiger partial charge in [-0.25, -0.2) is 13.4 Å². The molecule has 4 aromatic heterocycles. The molecule has 0 radical (unpaired) electrons. The highest BCUT2D eigenvalue weighted by Crippen LogP contribution is 2.48. The number of ether oxygens (including phenoxy) is 1. The summed E-state index contributed by atoms with van der Waals surface area (Å²) >= 11 is 8.35. The molecule has 3 aromatic carbocycles. The number of fused-ring (bicyclic) bond motifs is 3. The van der Waals surface area contributed by atoms with E-state index in [-0.39, 0.29) is 77.7 Å². The Morgan fingerprint density at radius 1 is 0.908 bits per heavy atom. The van der Waals surface area contributed by atoms with Gasteiger partial charge in [-0.2, -0.15) is 5.10 Å². The van der Waals surface area contributed by atoms with Crippen LogP contribution in [0.2, 0.25) is 5.02 Å². The average molecular weight is 1080 g/mol. The first kappa shape index (κ1) is 51.3. The Balaban J connectivity index is 0.643. The number of para-hydroxylation sites is 2. The van der Waals surface area contributed by atoms with Crippen LogP contribution in [0.3, 0.4) is 0 Å². The number of amides is 4. The van der Waals surface area contributed by atoms with Gasteiger partial charge in [0.05, 0.1) is 51.1 Å². The number of pyridine rings is 1. The fourth-order valence-corrected chi connectivity index (χ4v) is 13.7. The van der Waals surface area contributed by atoms with Crippen LogP contribution >= 0.6 is 22.9 Å². The molecular weight excluding hydrogens is 1030 g/mol. The molecule has 2 unspecified atom stereocenters. The molecule has 0 bridgehead atoms. The molecule has 2 saturated heterocycles. The number of hydrogen-bond acceptors (Lipinski definition) is 14. The van der Waals surface area contributed by atoms with E-state index in [1.165, 1.54) is 15.4 Å². The van der Waals surface area contributed by atoms with Crippen LogP contribution in [0.15, 0.2) is 96.3 Å². The van der Waals surface area contributed by atoms with Crippen molar-refractivity contribution in [2.24, 2.45) is 11.8 Å². The molecule has 3 fully saturated rings. The maximum absolute atomic E-state index is 13.4. The second kappa shape index (κ2) is 20.9. The number of aryl methyl sites for hydroxylation is 2. The Morgan fingerprint density at radius 2 is 1.67 bits per heavy atom. The number of likely N-dealkylation sites (tertiary alicyclic amines) is 1. The molecule has 11 rings (SSSR count). The summed E-state index contributed by atoms with van der Waals surface area (Å²) in [6.45, 7) is 10.7. The summed E-state index contributed by atoms with van der Waals surface area (Å²) in [6.07, 6.45) is 7.87. The summed E-state index contributed by atoms with van der Waals surface area (Å²) in [7, 11) is -1.91. The number of piperazine rings is 1. The number of benzene rings is 3. The lowest BCUT2D eigenvalue weighted by Crippen LogP contribution is -2.55. The van der Waals surface area contributed by atoms with Crippen LogP contribution in [0, 0.1) is 18.8 Å². The topological polar surface area (TPSA) is 209 Å². The molecule has 5 atom stereocenters. The number of rotatable bonds is 17. The summed E-state index contributed by atoms with van der Waals surface area (Å²) < 4.78 is 35.4. The third-order valence-electron chi connectivity index (χ3n) is 15.1. The number of unbranched alkanes of at least 4 members (excludes halogenated alkanes) is 1. The highest BCUT2D eigenvalue weighted by molar-refractivity contribution is 7.91. The number of nitrogens with one attached hydrogen (secondary N) is 2. The van der Waals surface area contributed by atoms with Crippen molar-refractivity contribution in [3.63, 3.8) is 0 Å². The fourth-order valence-electron chi connectivity index (χ4n) is 11.0. The predicted octanol–water partition coefficient (Wildman–Crippen LogP) is 6.84. The molecular formula is C55H58ClN11O7S2. The van der Waals surface area contributed by atoms with E-state index in [0.717, 1.165) is 69.1 Å². The standard InChI is InChI=1S/C55H58ClN11O7S2/c1-32-19-37(56)21-41(40-15-16-57-45-22-38(75-50(40)45)29-67-53(69)42-23-43(42)54(67)70)44(32)30-66-33(2)25-64(26-34(66)3)27-36-24-58-65(28-36)17-7-8-18-76(72,73)39-13-11-35(12-14-39)20-49-60-51(62-61-49)52(68)59-46-31-74-48-10-6-5-9-47(48)63(4)55(46)71/h5-6,9-16,19,21-22,24,28,33-34,42-43,46H,7-8,17-18,20,23,25-27,29-31H2,1-4H3,(H,59,68)(H,60,61,62)/t33-,34-,42?,43?,46-/m1/s1. The summed E-state index contributed by atoms with van der Waals surface area (Å²) in [6, 6.07) is 21.5. The van der Waals surface area contributed by atoms with Gasteiger partial charge < -0.3 is 15.0 Å². The molecule has 1 saturated carbocycles. The number of aromatic nitrogens is 6. The van der Waals surface area contributed by atoms with E-state index < -0.39 is 21.8 Å². The Hall–Kier alpha value is -6.84. The highest BCUT2D eigenvalue weighted by Gasteiger charge is 2.58. The molecule has 0 spiro atoms. The van der Waals surface area contributed by atoms with Gasteiger partial charge in [-0.15, -0.1) is 16.4 Å². The first-order chi connectivity index (χ1) is 36.6. The third kappa shape index (κ3) is 10.5. The van der Waals surface area contributed by atoms with E-state index in [1.807, 2.05) is 47.4 Å². The van der Waals surface area contributed by atoms with E-state index in [0.29, 0.717) is 48.1 Å². The summed E-state index contributed by atoms with van der Waals surface area (Å²) in [5, 5.41) is 14.8. The van der Waals surface area contributed by atoms with E-state index in [4.69, 9.17) is 16.3 Å². The largest absolute Gasteiger partial charge is 0.489 e. The predicted molar refractivity (Wildman–Crippen MR) is 287 cm³/mol. The Kier molecular flexibility index (Phi) is 14.1. The minimum atomic E-state index is -3.54. The van der Waals surface area contributed by atoms with Crippen molar-refractivity contribution in [3.05, 3.63) is 135 Å². The molecule has 76 heavy (non-hydrogen) atoms. The van der Waals surface area contributed by atoms with Crippen LogP contribution in [0.5, 0.6) is 5.75 Å². The second-order valence-electron chi connectivity index (χ2n) is 20.6. The number of imide groups is 1. The molecule has 1 aliphatic carbocycles. The molecule has 21 heteroatoms. The van der Waals surface area contributed by atoms with Crippen molar-refractivity contribution in [1.82, 2.24) is 50.0 Å². The van der Waals surface area contributed by atoms with Crippen LogP contribution < -0.4 is 15.0 Å². The number of sulfone groups is 1. The molecule has 394 valence electrons. The van der Waals surface area contributed by atoms with Gasteiger partial charge in [-0.1, -0.05) is 35.9 Å². The van der Waals surface area contributed by atoms with Gasteiger partial charge in [-0.05, 0) is 111 Å². The molecule has 18 nitrogen and oxygen atoms in total. The van der Waals surface area contributed by atoms with Crippen LogP contribution in [-0.2, 0) is 56.8 Å². The van der Waals surface area contributed by atoms with E-state index >= 15 is 0 Å². The highest BCUT2D eigenvalue weighted by atomic mass is 35.5. The normalized spacial score (nSPS) is 21.0. The first-order valence-corrected chi connectivity index (χ1v) is 28.5. The third-order valence-corrected chi connectivity index (χ3v) is 18.3. The summed E-state index contributed by atoms with van der Waals surface area (Å²) in [4.78, 5) is 69.8. The first-order valence-electron chi connectivity index (χ1n) is 25.6. The van der Waals surface area contributed by atoms with Crippen molar-refractivity contribution >= 4 is 72.3 Å². The number of carbonyl (C=O) groups excluding carboxylic acids is 4. The number of nitrogens with zero attached hydrogens (tertiary/aromatic N) is 9. The van der Waals surface area contributed by atoms with Crippen molar-refractivity contribution in [3.8, 4) is 16.9 Å². The Morgan fingerprint density at radius 3 is 2.45 bits per heavy atom. The minimum absolute atomic E-state index is 0.00224. The quantitative estimate of drug-likeness (QED) is 0.0709. The fraction of sp³-hybridized carbons (Fsp3) is 0.382. The van der Waals surface area contributed by atoms with Gasteiger partial charge >= 0.3 is 0 Å². The van der Waals surface area contributed by atoms with Crippen molar-refractivity contribution in [2.45, 2.75) is 95.7 Å².